The molecule has 2 heterocycles. The van der Waals surface area contributed by atoms with Crippen LogP contribution in [-0.4, -0.2) is 39.1 Å². The molecule has 0 N–H and O–H groups in total. The van der Waals surface area contributed by atoms with Crippen LogP contribution in [0, 0.1) is 0 Å². The fraction of sp³-hybridized carbons (Fsp3) is 0.462. The second-order valence-corrected chi connectivity index (χ2v) is 7.32. The zero-order chi connectivity index (χ0) is 16.5. The molecule has 0 aliphatic heterocycles. The van der Waals surface area contributed by atoms with Crippen molar-refractivity contribution in [2.24, 2.45) is 4.40 Å². The lowest BCUT2D eigenvalue weighted by molar-refractivity contribution is -0.141. The summed E-state index contributed by atoms with van der Waals surface area (Å²) in [6, 6.07) is 1.58. The zero-order valence-electron chi connectivity index (χ0n) is 12.3. The van der Waals surface area contributed by atoms with E-state index in [4.69, 9.17) is 7.85 Å². The monoisotopic (exact) mass is 326 g/mol. The van der Waals surface area contributed by atoms with E-state index in [9.17, 15) is 13.2 Å². The molecule has 22 heavy (non-hydrogen) atoms. The van der Waals surface area contributed by atoms with E-state index in [1.165, 1.54) is 24.3 Å². The molecule has 2 radical (unpaired) electrons. The Hall–Kier alpha value is -1.51. The number of hydrogen-bond donors (Lipinski definition) is 0. The highest BCUT2D eigenvalue weighted by molar-refractivity contribution is 7.99. The number of pyridine rings is 1. The molecule has 0 aliphatic carbocycles. The third-order valence-corrected chi connectivity index (χ3v) is 3.37. The van der Waals surface area contributed by atoms with Gasteiger partial charge < -0.3 is 0 Å². The molecule has 2 aromatic rings. The molecule has 0 atom stereocenters. The SMILES string of the molecule is [B]/C(=N\SC(C)(C)C)c1cc2cnn(CC(F)(F)F)c2cn1. The third kappa shape index (κ3) is 4.49. The van der Waals surface area contributed by atoms with Gasteiger partial charge in [-0.25, -0.2) is 4.40 Å². The topological polar surface area (TPSA) is 43.1 Å². The van der Waals surface area contributed by atoms with E-state index < -0.39 is 12.7 Å². The van der Waals surface area contributed by atoms with Crippen molar-refractivity contribution in [3.05, 3.63) is 24.2 Å². The van der Waals surface area contributed by atoms with Gasteiger partial charge in [0.1, 0.15) is 14.4 Å². The molecule has 2 rings (SSSR count). The maximum absolute atomic E-state index is 12.4. The van der Waals surface area contributed by atoms with Crippen LogP contribution in [0.25, 0.3) is 10.9 Å². The third-order valence-electron chi connectivity index (χ3n) is 2.54. The van der Waals surface area contributed by atoms with Crippen molar-refractivity contribution in [2.45, 2.75) is 38.2 Å². The summed E-state index contributed by atoms with van der Waals surface area (Å²) in [6.07, 6.45) is -1.65. The summed E-state index contributed by atoms with van der Waals surface area (Å²) in [7, 11) is 5.86. The number of hydrogen-bond acceptors (Lipinski definition) is 4. The van der Waals surface area contributed by atoms with E-state index in [1.54, 1.807) is 6.07 Å². The number of halogens is 3. The lowest BCUT2D eigenvalue weighted by atomic mass is 9.97. The fourth-order valence-electron chi connectivity index (χ4n) is 1.65. The molecule has 0 aliphatic rings. The number of rotatable bonds is 3. The largest absolute Gasteiger partial charge is 0.408 e. The summed E-state index contributed by atoms with van der Waals surface area (Å²) in [4.78, 5) is 4.07. The van der Waals surface area contributed by atoms with Gasteiger partial charge in [0.05, 0.1) is 23.6 Å². The molecular formula is C13H14BF3N4S. The average Bonchev–Trinajstić information content (AvgIpc) is 2.75. The first-order valence-electron chi connectivity index (χ1n) is 6.45. The summed E-state index contributed by atoms with van der Waals surface area (Å²) in [5, 5.41) is 4.27. The Balaban J connectivity index is 2.29. The first-order valence-corrected chi connectivity index (χ1v) is 7.23. The molecule has 0 saturated heterocycles. The molecule has 0 aromatic carbocycles. The highest BCUT2D eigenvalue weighted by Crippen LogP contribution is 2.25. The Bertz CT molecular complexity index is 703. The van der Waals surface area contributed by atoms with E-state index in [-0.39, 0.29) is 10.4 Å². The highest BCUT2D eigenvalue weighted by atomic mass is 32.2. The molecule has 116 valence electrons. The van der Waals surface area contributed by atoms with E-state index in [2.05, 4.69) is 14.5 Å². The van der Waals surface area contributed by atoms with Crippen molar-refractivity contribution in [3.8, 4) is 0 Å². The van der Waals surface area contributed by atoms with Crippen molar-refractivity contribution in [1.82, 2.24) is 14.8 Å². The van der Waals surface area contributed by atoms with Crippen LogP contribution in [0.4, 0.5) is 13.2 Å². The van der Waals surface area contributed by atoms with Crippen LogP contribution in [0.2, 0.25) is 0 Å². The van der Waals surface area contributed by atoms with Crippen LogP contribution in [-0.2, 0) is 6.54 Å². The summed E-state index contributed by atoms with van der Waals surface area (Å²) in [6.45, 7) is 4.83. The van der Waals surface area contributed by atoms with Gasteiger partial charge in [-0.3, -0.25) is 9.67 Å². The standard InChI is InChI=1S/C13H14BF3N4S/c1-12(2,3)22-20-11(14)9-4-8-5-19-21(7-13(15,16)17)10(8)6-18-9/h4-6H,7H2,1-3H3/b20-11-. The molecule has 0 bridgehead atoms. The van der Waals surface area contributed by atoms with Gasteiger partial charge in [0.2, 0.25) is 0 Å². The molecule has 0 saturated carbocycles. The van der Waals surface area contributed by atoms with Crippen molar-refractivity contribution in [2.75, 3.05) is 0 Å². The van der Waals surface area contributed by atoms with Gasteiger partial charge in [-0.2, -0.15) is 18.3 Å². The second kappa shape index (κ2) is 5.94. The Kier molecular flexibility index (Phi) is 4.55. The lowest BCUT2D eigenvalue weighted by Crippen LogP contribution is -2.18. The fourth-order valence-corrected chi connectivity index (χ4v) is 2.11. The summed E-state index contributed by atoms with van der Waals surface area (Å²) >= 11 is 1.31. The normalized spacial score (nSPS) is 13.8. The van der Waals surface area contributed by atoms with E-state index >= 15 is 0 Å². The quantitative estimate of drug-likeness (QED) is 0.493. The molecule has 9 heteroatoms. The predicted octanol–water partition coefficient (Wildman–Crippen LogP) is 3.36. The summed E-state index contributed by atoms with van der Waals surface area (Å²) in [5.41, 5.74) is 0.943. The van der Waals surface area contributed by atoms with Gasteiger partial charge in [-0.1, -0.05) is 0 Å². The van der Waals surface area contributed by atoms with E-state index in [0.29, 0.717) is 16.6 Å². The lowest BCUT2D eigenvalue weighted by Gasteiger charge is -2.13. The maximum Gasteiger partial charge on any atom is 0.408 e. The van der Waals surface area contributed by atoms with Crippen molar-refractivity contribution in [3.63, 3.8) is 0 Å². The first-order chi connectivity index (χ1) is 10.1. The summed E-state index contributed by atoms with van der Waals surface area (Å²) < 4.78 is 42.3. The molecule has 0 amide bonds. The molecule has 0 fully saturated rings. The Labute approximate surface area is 131 Å². The minimum Gasteiger partial charge on any atom is -0.254 e. The Morgan fingerprint density at radius 3 is 2.59 bits per heavy atom. The van der Waals surface area contributed by atoms with Crippen molar-refractivity contribution in [1.29, 1.82) is 0 Å². The van der Waals surface area contributed by atoms with Crippen molar-refractivity contribution >= 4 is 36.3 Å². The van der Waals surface area contributed by atoms with Gasteiger partial charge in [0.25, 0.3) is 0 Å². The molecule has 4 nitrogen and oxygen atoms in total. The van der Waals surface area contributed by atoms with Crippen LogP contribution >= 0.6 is 11.9 Å². The number of nitrogens with zero attached hydrogens (tertiary/aromatic N) is 4. The van der Waals surface area contributed by atoms with E-state index in [0.717, 1.165) is 4.68 Å². The smallest absolute Gasteiger partial charge is 0.254 e. The minimum absolute atomic E-state index is 0.0910. The minimum atomic E-state index is -4.33. The Morgan fingerprint density at radius 1 is 1.32 bits per heavy atom. The highest BCUT2D eigenvalue weighted by Gasteiger charge is 2.29. The molecule has 0 spiro atoms. The van der Waals surface area contributed by atoms with Gasteiger partial charge in [-0.15, -0.1) is 0 Å². The molecule has 0 unspecified atom stereocenters. The molecule has 2 aromatic heterocycles. The van der Waals surface area contributed by atoms with Crippen LogP contribution in [0.15, 0.2) is 22.9 Å². The van der Waals surface area contributed by atoms with Gasteiger partial charge in [-0.05, 0) is 38.8 Å². The van der Waals surface area contributed by atoms with Crippen LogP contribution in [0.5, 0.6) is 0 Å². The number of fused-ring (bicyclic) bond motifs is 1. The van der Waals surface area contributed by atoms with Gasteiger partial charge >= 0.3 is 6.18 Å². The Morgan fingerprint density at radius 2 is 2.00 bits per heavy atom. The zero-order valence-corrected chi connectivity index (χ0v) is 13.2. The number of aromatic nitrogens is 3. The predicted molar refractivity (Wildman–Crippen MR) is 83.2 cm³/mol. The van der Waals surface area contributed by atoms with Crippen molar-refractivity contribution < 1.29 is 13.2 Å². The second-order valence-electron chi connectivity index (χ2n) is 5.73. The molecular weight excluding hydrogens is 312 g/mol. The van der Waals surface area contributed by atoms with E-state index in [1.807, 2.05) is 20.8 Å². The van der Waals surface area contributed by atoms with Crippen LogP contribution in [0.3, 0.4) is 0 Å². The maximum atomic E-state index is 12.4. The van der Waals surface area contributed by atoms with Gasteiger partial charge in [0, 0.05) is 15.7 Å². The van der Waals surface area contributed by atoms with Crippen LogP contribution < -0.4 is 0 Å². The van der Waals surface area contributed by atoms with Crippen LogP contribution in [0.1, 0.15) is 26.5 Å². The number of alkyl halides is 3. The van der Waals surface area contributed by atoms with Gasteiger partial charge in [0.15, 0.2) is 0 Å². The summed E-state index contributed by atoms with van der Waals surface area (Å²) in [5.74, 6) is 0. The first kappa shape index (κ1) is 16.9. The average molecular weight is 326 g/mol.